The molecule has 88 valence electrons. The molecule has 1 aromatic heterocycles. The Morgan fingerprint density at radius 1 is 1.62 bits per heavy atom. The molecule has 0 spiro atoms. The van der Waals surface area contributed by atoms with Crippen molar-refractivity contribution in [2.24, 2.45) is 5.92 Å². The van der Waals surface area contributed by atoms with Crippen LogP contribution in [0.15, 0.2) is 11.1 Å². The lowest BCUT2D eigenvalue weighted by atomic mass is 9.94. The Kier molecular flexibility index (Phi) is 4.45. The minimum atomic E-state index is -0.940. The van der Waals surface area contributed by atoms with Crippen LogP contribution in [0.2, 0.25) is 0 Å². The summed E-state index contributed by atoms with van der Waals surface area (Å²) in [6.45, 7) is 3.88. The maximum atomic E-state index is 11.4. The summed E-state index contributed by atoms with van der Waals surface area (Å²) in [5, 5.41) is 9.14. The number of nitrogens with one attached hydrogen (secondary N) is 1. The summed E-state index contributed by atoms with van der Waals surface area (Å²) >= 11 is 1.83. The van der Waals surface area contributed by atoms with Gasteiger partial charge in [0.05, 0.1) is 12.0 Å². The molecule has 0 aromatic carbocycles. The Hall–Kier alpha value is -0.920. The highest BCUT2D eigenvalue weighted by Gasteiger charge is 2.25. The number of carbonyl (C=O) groups is 1. The highest BCUT2D eigenvalue weighted by atomic mass is 127. The molecule has 0 radical (unpaired) electrons. The summed E-state index contributed by atoms with van der Waals surface area (Å²) in [5.41, 5.74) is 0.0613. The lowest BCUT2D eigenvalue weighted by Crippen LogP contribution is -2.22. The first-order valence-corrected chi connectivity index (χ1v) is 5.97. The van der Waals surface area contributed by atoms with E-state index >= 15 is 0 Å². The molecule has 0 fully saturated rings. The predicted octanol–water partition coefficient (Wildman–Crippen LogP) is 1.59. The van der Waals surface area contributed by atoms with E-state index in [1.807, 2.05) is 36.4 Å². The van der Waals surface area contributed by atoms with Crippen molar-refractivity contribution in [2.45, 2.75) is 26.2 Å². The molecule has 1 unspecified atom stereocenters. The Morgan fingerprint density at radius 3 is 2.75 bits per heavy atom. The van der Waals surface area contributed by atoms with Crippen LogP contribution >= 0.6 is 22.6 Å². The van der Waals surface area contributed by atoms with Gasteiger partial charge in [0, 0.05) is 0 Å². The van der Waals surface area contributed by atoms with Crippen LogP contribution in [0.4, 0.5) is 0 Å². The van der Waals surface area contributed by atoms with Gasteiger partial charge in [0.1, 0.15) is 9.49 Å². The maximum absolute atomic E-state index is 11.4. The second-order valence-corrected chi connectivity index (χ2v) is 5.03. The third-order valence-electron chi connectivity index (χ3n) is 2.16. The van der Waals surface area contributed by atoms with Gasteiger partial charge < -0.3 is 10.1 Å². The molecule has 2 N–H and O–H groups in total. The van der Waals surface area contributed by atoms with Gasteiger partial charge in [-0.15, -0.1) is 0 Å². The molecular weight excluding hydrogens is 323 g/mol. The first-order valence-electron chi connectivity index (χ1n) is 4.89. The third kappa shape index (κ3) is 3.03. The molecule has 1 atom stereocenters. The zero-order valence-corrected chi connectivity index (χ0v) is 11.2. The fourth-order valence-electron chi connectivity index (χ4n) is 1.44. The van der Waals surface area contributed by atoms with Gasteiger partial charge in [-0.25, -0.2) is 4.98 Å². The quantitative estimate of drug-likeness (QED) is 0.818. The van der Waals surface area contributed by atoms with Gasteiger partial charge in [0.2, 0.25) is 0 Å². The van der Waals surface area contributed by atoms with E-state index in [1.54, 1.807) is 0 Å². The van der Waals surface area contributed by atoms with Crippen LogP contribution in [0.1, 0.15) is 31.9 Å². The molecule has 0 aliphatic rings. The van der Waals surface area contributed by atoms with Gasteiger partial charge in [0.15, 0.2) is 0 Å². The number of hydrogen-bond donors (Lipinski definition) is 2. The van der Waals surface area contributed by atoms with Crippen molar-refractivity contribution in [1.29, 1.82) is 0 Å². The highest BCUT2D eigenvalue weighted by molar-refractivity contribution is 14.1. The van der Waals surface area contributed by atoms with E-state index in [4.69, 9.17) is 5.11 Å². The Balaban J connectivity index is 3.16. The predicted molar refractivity (Wildman–Crippen MR) is 67.4 cm³/mol. The monoisotopic (exact) mass is 336 g/mol. The minimum absolute atomic E-state index is 0.234. The zero-order valence-electron chi connectivity index (χ0n) is 9.03. The number of aromatic amines is 1. The molecule has 1 rings (SSSR count). The second kappa shape index (κ2) is 5.42. The number of H-pyrrole nitrogens is 1. The van der Waals surface area contributed by atoms with Gasteiger partial charge in [0.25, 0.3) is 5.56 Å². The summed E-state index contributed by atoms with van der Waals surface area (Å²) in [7, 11) is 0. The van der Waals surface area contributed by atoms with Gasteiger partial charge in [-0.05, 0) is 34.9 Å². The summed E-state index contributed by atoms with van der Waals surface area (Å²) in [4.78, 5) is 28.9. The molecule has 0 saturated heterocycles. The van der Waals surface area contributed by atoms with E-state index in [0.29, 0.717) is 15.7 Å². The number of aromatic nitrogens is 2. The van der Waals surface area contributed by atoms with E-state index in [0.717, 1.165) is 0 Å². The number of carboxylic acids is 1. The molecule has 16 heavy (non-hydrogen) atoms. The summed E-state index contributed by atoms with van der Waals surface area (Å²) < 4.78 is 0.355. The van der Waals surface area contributed by atoms with E-state index in [-0.39, 0.29) is 11.5 Å². The van der Waals surface area contributed by atoms with Crippen LogP contribution in [0, 0.1) is 9.49 Å². The van der Waals surface area contributed by atoms with Gasteiger partial charge in [-0.2, -0.15) is 0 Å². The standard InChI is InChI=1S/C10H13IN2O3/c1-5(2)3-6(10(15)16)8-7(11)9(14)13-4-12-8/h4-6H,3H2,1-2H3,(H,15,16)(H,12,13,14). The molecule has 1 aromatic rings. The number of aliphatic carboxylic acids is 1. The van der Waals surface area contributed by atoms with Crippen LogP contribution in [-0.2, 0) is 4.79 Å². The van der Waals surface area contributed by atoms with Crippen LogP contribution in [0.25, 0.3) is 0 Å². The third-order valence-corrected chi connectivity index (χ3v) is 3.20. The zero-order chi connectivity index (χ0) is 12.3. The Bertz CT molecular complexity index is 442. The first kappa shape index (κ1) is 13.1. The van der Waals surface area contributed by atoms with Crippen LogP contribution in [-0.4, -0.2) is 21.0 Å². The molecule has 0 saturated carbocycles. The lowest BCUT2D eigenvalue weighted by Gasteiger charge is -2.14. The molecule has 0 amide bonds. The van der Waals surface area contributed by atoms with Crippen molar-refractivity contribution in [3.8, 4) is 0 Å². The average Bonchev–Trinajstić information content (AvgIpc) is 2.18. The molecule has 6 heteroatoms. The fraction of sp³-hybridized carbons (Fsp3) is 0.500. The van der Waals surface area contributed by atoms with E-state index in [9.17, 15) is 9.59 Å². The van der Waals surface area contributed by atoms with E-state index in [1.165, 1.54) is 6.33 Å². The van der Waals surface area contributed by atoms with E-state index < -0.39 is 11.9 Å². The summed E-state index contributed by atoms with van der Waals surface area (Å²) in [6.07, 6.45) is 1.72. The topological polar surface area (TPSA) is 83.0 Å². The van der Waals surface area contributed by atoms with Gasteiger partial charge in [-0.3, -0.25) is 9.59 Å². The highest BCUT2D eigenvalue weighted by Crippen LogP contribution is 2.24. The van der Waals surface area contributed by atoms with Crippen LogP contribution < -0.4 is 5.56 Å². The SMILES string of the molecule is CC(C)CC(C(=O)O)c1nc[nH]c(=O)c1I. The van der Waals surface area contributed by atoms with Crippen molar-refractivity contribution >= 4 is 28.6 Å². The van der Waals surface area contributed by atoms with Crippen molar-refractivity contribution < 1.29 is 9.90 Å². The average molecular weight is 336 g/mol. The van der Waals surface area contributed by atoms with Crippen LogP contribution in [0.5, 0.6) is 0 Å². The number of carboxylic acid groups (broad SMARTS) is 1. The molecular formula is C10H13IN2O3. The summed E-state index contributed by atoms with van der Waals surface area (Å²) in [5.74, 6) is -1.42. The normalized spacial score (nSPS) is 12.8. The van der Waals surface area contributed by atoms with Gasteiger partial charge >= 0.3 is 5.97 Å². The van der Waals surface area contributed by atoms with Crippen molar-refractivity contribution in [1.82, 2.24) is 9.97 Å². The van der Waals surface area contributed by atoms with Crippen molar-refractivity contribution in [2.75, 3.05) is 0 Å². The number of halogens is 1. The molecule has 1 heterocycles. The molecule has 0 aliphatic heterocycles. The molecule has 0 bridgehead atoms. The van der Waals surface area contributed by atoms with Crippen molar-refractivity contribution in [3.05, 3.63) is 25.9 Å². The minimum Gasteiger partial charge on any atom is -0.481 e. The lowest BCUT2D eigenvalue weighted by molar-refractivity contribution is -0.139. The second-order valence-electron chi connectivity index (χ2n) is 3.95. The molecule has 5 nitrogen and oxygen atoms in total. The fourth-order valence-corrected chi connectivity index (χ4v) is 2.11. The maximum Gasteiger partial charge on any atom is 0.312 e. The van der Waals surface area contributed by atoms with E-state index in [2.05, 4.69) is 9.97 Å². The number of rotatable bonds is 4. The Morgan fingerprint density at radius 2 is 2.25 bits per heavy atom. The molecule has 0 aliphatic carbocycles. The largest absolute Gasteiger partial charge is 0.481 e. The van der Waals surface area contributed by atoms with Crippen molar-refractivity contribution in [3.63, 3.8) is 0 Å². The Labute approximate surface area is 106 Å². The summed E-state index contributed by atoms with van der Waals surface area (Å²) in [6, 6.07) is 0. The number of hydrogen-bond acceptors (Lipinski definition) is 3. The number of nitrogens with zero attached hydrogens (tertiary/aromatic N) is 1. The van der Waals surface area contributed by atoms with Crippen LogP contribution in [0.3, 0.4) is 0 Å². The smallest absolute Gasteiger partial charge is 0.312 e. The van der Waals surface area contributed by atoms with Gasteiger partial charge in [-0.1, -0.05) is 13.8 Å². The first-order chi connectivity index (χ1) is 7.43.